The summed E-state index contributed by atoms with van der Waals surface area (Å²) in [6, 6.07) is 0. The average Bonchev–Trinajstić information content (AvgIpc) is 1.66. The topological polar surface area (TPSA) is 73.9 Å². The molecule has 0 aromatic heterocycles. The highest BCUT2D eigenvalue weighted by atomic mass is 15.3. The summed E-state index contributed by atoms with van der Waals surface area (Å²) in [6.07, 6.45) is 2.98. The number of hydrazine groups is 1. The third-order valence-corrected chi connectivity index (χ3v) is 0.491. The Kier molecular flexibility index (Phi) is 3.60. The van der Waals surface area contributed by atoms with E-state index in [4.69, 9.17) is 11.1 Å². The molecule has 0 aliphatic heterocycles. The average molecular weight is 114 g/mol. The predicted molar refractivity (Wildman–Crippen MR) is 33.2 cm³/mol. The molecule has 0 bridgehead atoms. The number of nitrogens with one attached hydrogen (secondary N) is 3. The van der Waals surface area contributed by atoms with Crippen LogP contribution in [-0.2, 0) is 0 Å². The van der Waals surface area contributed by atoms with E-state index in [9.17, 15) is 0 Å². The summed E-state index contributed by atoms with van der Waals surface area (Å²) in [7, 11) is 1.73. The van der Waals surface area contributed by atoms with Crippen molar-refractivity contribution in [3.8, 4) is 0 Å². The van der Waals surface area contributed by atoms with Crippen molar-refractivity contribution in [3.05, 3.63) is 12.3 Å². The van der Waals surface area contributed by atoms with Gasteiger partial charge in [-0.3, -0.25) is 5.41 Å². The monoisotopic (exact) mass is 114 g/mol. The van der Waals surface area contributed by atoms with Gasteiger partial charge in [0.05, 0.1) is 0 Å². The molecule has 4 heteroatoms. The molecule has 46 valence electrons. The molecule has 8 heavy (non-hydrogen) atoms. The van der Waals surface area contributed by atoms with Crippen molar-refractivity contribution in [1.82, 2.24) is 10.9 Å². The molecular weight excluding hydrogens is 104 g/mol. The van der Waals surface area contributed by atoms with E-state index in [1.165, 1.54) is 6.08 Å². The fourth-order valence-corrected chi connectivity index (χ4v) is 0.215. The van der Waals surface area contributed by atoms with Crippen LogP contribution in [0.3, 0.4) is 0 Å². The standard InChI is InChI=1S/C4H10N4/c1-7-8-3-2-4(5)6/h2-3,7-8H,1H3,(H3,5,6)/b3-2-. The number of nitrogens with two attached hydrogens (primary N) is 1. The van der Waals surface area contributed by atoms with E-state index in [2.05, 4.69) is 10.9 Å². The lowest BCUT2D eigenvalue weighted by atomic mass is 10.6. The van der Waals surface area contributed by atoms with Gasteiger partial charge < -0.3 is 11.2 Å². The van der Waals surface area contributed by atoms with Crippen LogP contribution in [0, 0.1) is 5.41 Å². The largest absolute Gasteiger partial charge is 0.384 e. The van der Waals surface area contributed by atoms with E-state index < -0.39 is 0 Å². The van der Waals surface area contributed by atoms with Crippen molar-refractivity contribution < 1.29 is 0 Å². The van der Waals surface area contributed by atoms with Crippen molar-refractivity contribution in [1.29, 1.82) is 5.41 Å². The zero-order chi connectivity index (χ0) is 6.41. The van der Waals surface area contributed by atoms with Crippen molar-refractivity contribution in [2.24, 2.45) is 5.73 Å². The Balaban J connectivity index is 3.20. The van der Waals surface area contributed by atoms with Gasteiger partial charge in [-0.1, -0.05) is 0 Å². The zero-order valence-electron chi connectivity index (χ0n) is 4.73. The summed E-state index contributed by atoms with van der Waals surface area (Å²) in [5.41, 5.74) is 10.2. The third kappa shape index (κ3) is 4.97. The molecule has 4 nitrogen and oxygen atoms in total. The van der Waals surface area contributed by atoms with Crippen LogP contribution in [0.2, 0.25) is 0 Å². The van der Waals surface area contributed by atoms with Crippen LogP contribution in [0.5, 0.6) is 0 Å². The van der Waals surface area contributed by atoms with Gasteiger partial charge in [0.25, 0.3) is 0 Å². The van der Waals surface area contributed by atoms with Gasteiger partial charge in [-0.05, 0) is 6.08 Å². The quantitative estimate of drug-likeness (QED) is 0.219. The number of hydrogen-bond acceptors (Lipinski definition) is 3. The Morgan fingerprint density at radius 1 is 1.75 bits per heavy atom. The lowest BCUT2D eigenvalue weighted by molar-refractivity contribution is 0.731. The lowest BCUT2D eigenvalue weighted by Crippen LogP contribution is -2.21. The molecule has 0 amide bonds. The van der Waals surface area contributed by atoms with Gasteiger partial charge in [-0.15, -0.1) is 0 Å². The summed E-state index contributed by atoms with van der Waals surface area (Å²) in [4.78, 5) is 0. The summed E-state index contributed by atoms with van der Waals surface area (Å²) < 4.78 is 0. The van der Waals surface area contributed by atoms with Crippen LogP contribution >= 0.6 is 0 Å². The first-order valence-corrected chi connectivity index (χ1v) is 2.20. The first-order chi connectivity index (χ1) is 3.77. The molecule has 0 radical (unpaired) electrons. The molecule has 0 spiro atoms. The second-order valence-electron chi connectivity index (χ2n) is 1.18. The second-order valence-corrected chi connectivity index (χ2v) is 1.18. The number of rotatable bonds is 3. The van der Waals surface area contributed by atoms with Crippen LogP contribution in [0.4, 0.5) is 0 Å². The zero-order valence-corrected chi connectivity index (χ0v) is 4.73. The smallest absolute Gasteiger partial charge is 0.116 e. The molecule has 0 atom stereocenters. The first kappa shape index (κ1) is 6.97. The minimum atomic E-state index is 0.0350. The summed E-state index contributed by atoms with van der Waals surface area (Å²) in [5, 5.41) is 6.70. The molecule has 0 aromatic carbocycles. The van der Waals surface area contributed by atoms with Crippen LogP contribution in [0.15, 0.2) is 12.3 Å². The highest BCUT2D eigenvalue weighted by Gasteiger charge is 1.71. The Morgan fingerprint density at radius 2 is 2.38 bits per heavy atom. The van der Waals surface area contributed by atoms with Crippen LogP contribution in [0.1, 0.15) is 0 Å². The highest BCUT2D eigenvalue weighted by Crippen LogP contribution is 1.60. The van der Waals surface area contributed by atoms with Gasteiger partial charge in [-0.25, -0.2) is 5.43 Å². The van der Waals surface area contributed by atoms with E-state index in [-0.39, 0.29) is 5.84 Å². The first-order valence-electron chi connectivity index (χ1n) is 2.20. The Morgan fingerprint density at radius 3 is 2.75 bits per heavy atom. The van der Waals surface area contributed by atoms with Gasteiger partial charge in [-0.2, -0.15) is 0 Å². The molecule has 0 aliphatic rings. The third-order valence-electron chi connectivity index (χ3n) is 0.491. The van der Waals surface area contributed by atoms with Crippen LogP contribution < -0.4 is 16.6 Å². The van der Waals surface area contributed by atoms with Gasteiger partial charge in [0, 0.05) is 13.2 Å². The fourth-order valence-electron chi connectivity index (χ4n) is 0.215. The van der Waals surface area contributed by atoms with E-state index in [1.807, 2.05) is 0 Å². The molecule has 0 saturated carbocycles. The van der Waals surface area contributed by atoms with Crippen LogP contribution in [-0.4, -0.2) is 12.9 Å². The number of amidine groups is 1. The minimum Gasteiger partial charge on any atom is -0.384 e. The Hall–Kier alpha value is -1.03. The lowest BCUT2D eigenvalue weighted by Gasteiger charge is -1.91. The normalized spacial score (nSPS) is 9.62. The van der Waals surface area contributed by atoms with Crippen LogP contribution in [0.25, 0.3) is 0 Å². The van der Waals surface area contributed by atoms with Crippen molar-refractivity contribution in [2.75, 3.05) is 7.05 Å². The van der Waals surface area contributed by atoms with Crippen molar-refractivity contribution in [2.45, 2.75) is 0 Å². The maximum atomic E-state index is 6.70. The van der Waals surface area contributed by atoms with E-state index in [0.717, 1.165) is 0 Å². The van der Waals surface area contributed by atoms with Gasteiger partial charge in [0.1, 0.15) is 5.84 Å². The summed E-state index contributed by atoms with van der Waals surface area (Å²) in [5.74, 6) is 0.0350. The predicted octanol–water partition coefficient (Wildman–Crippen LogP) is -0.840. The van der Waals surface area contributed by atoms with Crippen molar-refractivity contribution >= 4 is 5.84 Å². The molecule has 5 N–H and O–H groups in total. The molecule has 0 rings (SSSR count). The summed E-state index contributed by atoms with van der Waals surface area (Å²) in [6.45, 7) is 0. The second kappa shape index (κ2) is 4.14. The van der Waals surface area contributed by atoms with E-state index in [0.29, 0.717) is 0 Å². The molecule has 0 unspecified atom stereocenters. The van der Waals surface area contributed by atoms with Gasteiger partial charge in [0.2, 0.25) is 0 Å². The number of hydrogen-bond donors (Lipinski definition) is 4. The SMILES string of the molecule is CNN/C=C\C(=N)N. The fraction of sp³-hybridized carbons (Fsp3) is 0.250. The maximum absolute atomic E-state index is 6.70. The van der Waals surface area contributed by atoms with Crippen molar-refractivity contribution in [3.63, 3.8) is 0 Å². The molecule has 0 aromatic rings. The molecule has 0 fully saturated rings. The molecular formula is C4H10N4. The maximum Gasteiger partial charge on any atom is 0.116 e. The van der Waals surface area contributed by atoms with E-state index >= 15 is 0 Å². The van der Waals surface area contributed by atoms with Gasteiger partial charge >= 0.3 is 0 Å². The molecule has 0 aliphatic carbocycles. The minimum absolute atomic E-state index is 0.0350. The summed E-state index contributed by atoms with van der Waals surface area (Å²) >= 11 is 0. The Labute approximate surface area is 48.2 Å². The molecule has 0 heterocycles. The highest BCUT2D eigenvalue weighted by molar-refractivity contribution is 5.88. The molecule has 0 saturated heterocycles. The van der Waals surface area contributed by atoms with Gasteiger partial charge in [0.15, 0.2) is 0 Å². The Bertz CT molecular complexity index is 96.2. The van der Waals surface area contributed by atoms with E-state index in [1.54, 1.807) is 13.2 Å².